The third-order valence-electron chi connectivity index (χ3n) is 2.32. The second-order valence-corrected chi connectivity index (χ2v) is 4.73. The number of hydrogen-bond donors (Lipinski definition) is 1. The van der Waals surface area contributed by atoms with Crippen LogP contribution in [0.5, 0.6) is 0 Å². The maximum atomic E-state index is 10.7. The van der Waals surface area contributed by atoms with Crippen molar-refractivity contribution in [3.05, 3.63) is 54.0 Å². The lowest BCUT2D eigenvalue weighted by molar-refractivity contribution is 0.0696. The average molecular weight is 260 g/mol. The molecule has 0 aliphatic carbocycles. The van der Waals surface area contributed by atoms with Crippen molar-refractivity contribution in [2.45, 2.75) is 11.4 Å². The van der Waals surface area contributed by atoms with Gasteiger partial charge in [-0.25, -0.2) is 9.78 Å². The van der Waals surface area contributed by atoms with Crippen molar-refractivity contribution in [1.29, 1.82) is 0 Å². The molecule has 0 aromatic carbocycles. The normalized spacial score (nSPS) is 10.2. The topological polar surface area (TPSA) is 63.1 Å². The van der Waals surface area contributed by atoms with E-state index >= 15 is 0 Å². The first kappa shape index (κ1) is 12.6. The third kappa shape index (κ3) is 3.56. The number of aromatic carboxylic acids is 1. The molecule has 0 atom stereocenters. The van der Waals surface area contributed by atoms with Crippen molar-refractivity contribution in [3.8, 4) is 0 Å². The Morgan fingerprint density at radius 1 is 1.22 bits per heavy atom. The number of aromatic nitrogens is 2. The molecule has 2 aromatic heterocycles. The Morgan fingerprint density at radius 2 is 2.11 bits per heavy atom. The van der Waals surface area contributed by atoms with Gasteiger partial charge in [-0.1, -0.05) is 6.07 Å². The average Bonchev–Trinajstić information content (AvgIpc) is 2.40. The van der Waals surface area contributed by atoms with Crippen molar-refractivity contribution in [1.82, 2.24) is 9.97 Å². The molecule has 0 radical (unpaired) electrons. The Hall–Kier alpha value is -1.88. The van der Waals surface area contributed by atoms with Gasteiger partial charge in [-0.3, -0.25) is 4.98 Å². The van der Waals surface area contributed by atoms with Gasteiger partial charge >= 0.3 is 5.97 Å². The van der Waals surface area contributed by atoms with E-state index in [1.807, 2.05) is 18.2 Å². The summed E-state index contributed by atoms with van der Waals surface area (Å²) in [5.41, 5.74) is 1.26. The molecule has 1 N–H and O–H groups in total. The van der Waals surface area contributed by atoms with Crippen molar-refractivity contribution in [2.24, 2.45) is 0 Å². The fourth-order valence-electron chi connectivity index (χ4n) is 1.40. The lowest BCUT2D eigenvalue weighted by Crippen LogP contribution is -1.97. The number of aryl methyl sites for hydroxylation is 1. The highest BCUT2D eigenvalue weighted by molar-refractivity contribution is 7.99. The highest BCUT2D eigenvalue weighted by Gasteiger charge is 2.03. The fraction of sp³-hybridized carbons (Fsp3) is 0.154. The summed E-state index contributed by atoms with van der Waals surface area (Å²) >= 11 is 1.59. The molecule has 18 heavy (non-hydrogen) atoms. The minimum absolute atomic E-state index is 0.212. The van der Waals surface area contributed by atoms with Crippen LogP contribution in [0.25, 0.3) is 0 Å². The largest absolute Gasteiger partial charge is 0.478 e. The van der Waals surface area contributed by atoms with E-state index in [-0.39, 0.29) is 5.56 Å². The molecule has 0 spiro atoms. The van der Waals surface area contributed by atoms with E-state index in [0.717, 1.165) is 22.9 Å². The maximum absolute atomic E-state index is 10.7. The predicted octanol–water partition coefficient (Wildman–Crippen LogP) is 2.51. The number of carbonyl (C=O) groups is 1. The summed E-state index contributed by atoms with van der Waals surface area (Å²) in [7, 11) is 0. The smallest absolute Gasteiger partial charge is 0.337 e. The molecule has 92 valence electrons. The summed E-state index contributed by atoms with van der Waals surface area (Å²) < 4.78 is 0. The molecule has 2 heterocycles. The van der Waals surface area contributed by atoms with Gasteiger partial charge in [0, 0.05) is 23.8 Å². The number of rotatable bonds is 5. The Labute approximate surface area is 109 Å². The highest BCUT2D eigenvalue weighted by Crippen LogP contribution is 2.16. The minimum atomic E-state index is -0.951. The number of hydrogen-bond acceptors (Lipinski definition) is 4. The molecule has 2 aromatic rings. The van der Waals surface area contributed by atoms with Crippen molar-refractivity contribution < 1.29 is 9.90 Å². The Kier molecular flexibility index (Phi) is 4.30. The lowest BCUT2D eigenvalue weighted by Gasteiger charge is -2.01. The van der Waals surface area contributed by atoms with E-state index in [1.54, 1.807) is 30.1 Å². The van der Waals surface area contributed by atoms with Gasteiger partial charge in [-0.2, -0.15) is 0 Å². The Bertz CT molecular complexity index is 514. The Balaban J connectivity index is 1.85. The molecule has 0 unspecified atom stereocenters. The summed E-state index contributed by atoms with van der Waals surface area (Å²) in [4.78, 5) is 19.0. The first-order valence-electron chi connectivity index (χ1n) is 5.48. The standard InChI is InChI=1S/C13H12N2O2S/c16-13(17)10-4-5-12(15-9-10)18-8-6-11-3-1-2-7-14-11/h1-5,7,9H,6,8H2,(H,16,17). The van der Waals surface area contributed by atoms with Crippen molar-refractivity contribution in [3.63, 3.8) is 0 Å². The van der Waals surface area contributed by atoms with Crippen LogP contribution in [0, 0.1) is 0 Å². The molecular formula is C13H12N2O2S. The van der Waals surface area contributed by atoms with Crippen molar-refractivity contribution >= 4 is 17.7 Å². The maximum Gasteiger partial charge on any atom is 0.337 e. The predicted molar refractivity (Wildman–Crippen MR) is 69.9 cm³/mol. The number of nitrogens with zero attached hydrogens (tertiary/aromatic N) is 2. The van der Waals surface area contributed by atoms with E-state index in [9.17, 15) is 4.79 Å². The lowest BCUT2D eigenvalue weighted by atomic mass is 10.3. The molecule has 2 rings (SSSR count). The molecular weight excluding hydrogens is 248 g/mol. The van der Waals surface area contributed by atoms with Gasteiger partial charge in [0.25, 0.3) is 0 Å². The van der Waals surface area contributed by atoms with Gasteiger partial charge in [0.2, 0.25) is 0 Å². The number of pyridine rings is 2. The number of thioether (sulfide) groups is 1. The van der Waals surface area contributed by atoms with Gasteiger partial charge in [-0.15, -0.1) is 11.8 Å². The number of carboxylic acids is 1. The molecule has 0 amide bonds. The zero-order valence-corrected chi connectivity index (χ0v) is 10.4. The summed E-state index contributed by atoms with van der Waals surface area (Å²) in [5, 5.41) is 9.57. The van der Waals surface area contributed by atoms with Crippen LogP contribution in [0.1, 0.15) is 16.1 Å². The molecule has 0 saturated carbocycles. The molecule has 4 nitrogen and oxygen atoms in total. The Morgan fingerprint density at radius 3 is 2.72 bits per heavy atom. The van der Waals surface area contributed by atoms with Crippen LogP contribution in [0.15, 0.2) is 47.8 Å². The van der Waals surface area contributed by atoms with E-state index in [2.05, 4.69) is 9.97 Å². The third-order valence-corrected chi connectivity index (χ3v) is 3.26. The molecule has 0 bridgehead atoms. The summed E-state index contributed by atoms with van der Waals surface area (Å²) in [6.07, 6.45) is 4.03. The van der Waals surface area contributed by atoms with Crippen molar-refractivity contribution in [2.75, 3.05) is 5.75 Å². The quantitative estimate of drug-likeness (QED) is 0.837. The van der Waals surface area contributed by atoms with E-state index < -0.39 is 5.97 Å². The van der Waals surface area contributed by atoms with Crippen LogP contribution in [-0.4, -0.2) is 26.8 Å². The van der Waals surface area contributed by atoms with Crippen LogP contribution >= 0.6 is 11.8 Å². The fourth-order valence-corrected chi connectivity index (χ4v) is 2.21. The van der Waals surface area contributed by atoms with E-state index in [4.69, 9.17) is 5.11 Å². The van der Waals surface area contributed by atoms with Crippen LogP contribution in [0.4, 0.5) is 0 Å². The second-order valence-electron chi connectivity index (χ2n) is 3.61. The second kappa shape index (κ2) is 6.16. The molecule has 0 saturated heterocycles. The van der Waals surface area contributed by atoms with E-state index in [1.165, 1.54) is 6.20 Å². The van der Waals surface area contributed by atoms with Gasteiger partial charge in [0.1, 0.15) is 0 Å². The minimum Gasteiger partial charge on any atom is -0.478 e. The van der Waals surface area contributed by atoms with Crippen LogP contribution in [-0.2, 0) is 6.42 Å². The zero-order valence-electron chi connectivity index (χ0n) is 9.61. The van der Waals surface area contributed by atoms with Crippen LogP contribution < -0.4 is 0 Å². The van der Waals surface area contributed by atoms with Gasteiger partial charge in [0.05, 0.1) is 10.6 Å². The zero-order chi connectivity index (χ0) is 12.8. The van der Waals surface area contributed by atoms with Gasteiger partial charge < -0.3 is 5.11 Å². The molecule has 0 aliphatic rings. The number of carboxylic acid groups (broad SMARTS) is 1. The SMILES string of the molecule is O=C(O)c1ccc(SCCc2ccccn2)nc1. The first-order chi connectivity index (χ1) is 8.75. The molecule has 0 aliphatic heterocycles. The molecule has 0 fully saturated rings. The van der Waals surface area contributed by atoms with Gasteiger partial charge in [-0.05, 0) is 30.7 Å². The highest BCUT2D eigenvalue weighted by atomic mass is 32.2. The van der Waals surface area contributed by atoms with Gasteiger partial charge in [0.15, 0.2) is 0 Å². The monoisotopic (exact) mass is 260 g/mol. The van der Waals surface area contributed by atoms with E-state index in [0.29, 0.717) is 0 Å². The van der Waals surface area contributed by atoms with Crippen LogP contribution in [0.2, 0.25) is 0 Å². The first-order valence-corrected chi connectivity index (χ1v) is 6.46. The summed E-state index contributed by atoms with van der Waals surface area (Å²) in [5.74, 6) is -0.0799. The summed E-state index contributed by atoms with van der Waals surface area (Å²) in [6.45, 7) is 0. The molecule has 5 heteroatoms. The van der Waals surface area contributed by atoms with Crippen LogP contribution in [0.3, 0.4) is 0 Å². The summed E-state index contributed by atoms with van der Waals surface area (Å²) in [6, 6.07) is 9.14.